The molecule has 3 rings (SSSR count). The number of halogens is 1. The van der Waals surface area contributed by atoms with Gasteiger partial charge >= 0.3 is 0 Å². The van der Waals surface area contributed by atoms with Crippen LogP contribution in [0.15, 0.2) is 42.5 Å². The number of alkyl halides is 1. The van der Waals surface area contributed by atoms with E-state index >= 15 is 0 Å². The van der Waals surface area contributed by atoms with Crippen LogP contribution in [0.4, 0.5) is 5.13 Å². The molecule has 106 valence electrons. The summed E-state index contributed by atoms with van der Waals surface area (Å²) in [5.41, 5.74) is 3.67. The molecule has 0 atom stereocenters. The van der Waals surface area contributed by atoms with Crippen LogP contribution in [0.2, 0.25) is 0 Å². The number of carbonyl (C=O) groups excluding carboxylic acids is 1. The summed E-state index contributed by atoms with van der Waals surface area (Å²) >= 11 is 7.22. The number of benzene rings is 2. The fourth-order valence-electron chi connectivity index (χ4n) is 2.00. The standard InChI is InChI=1S/C16H13ClN2OS/c1-10-2-7-13-14(8-10)21-16(18-13)19-15(20)12-5-3-11(9-17)4-6-12/h2-8H,9H2,1H3,(H,18,19,20). The van der Waals surface area contributed by atoms with E-state index in [2.05, 4.69) is 16.4 Å². The normalized spacial score (nSPS) is 10.8. The lowest BCUT2D eigenvalue weighted by molar-refractivity contribution is 0.102. The minimum Gasteiger partial charge on any atom is -0.298 e. The second-order valence-corrected chi connectivity index (χ2v) is 6.07. The molecule has 21 heavy (non-hydrogen) atoms. The number of rotatable bonds is 3. The third kappa shape index (κ3) is 3.06. The molecule has 5 heteroatoms. The van der Waals surface area contributed by atoms with Gasteiger partial charge in [0.15, 0.2) is 5.13 Å². The molecule has 0 spiro atoms. The van der Waals surface area contributed by atoms with Crippen molar-refractivity contribution < 1.29 is 4.79 Å². The Balaban J connectivity index is 1.81. The van der Waals surface area contributed by atoms with Gasteiger partial charge in [0.05, 0.1) is 10.2 Å². The molecule has 0 saturated heterocycles. The monoisotopic (exact) mass is 316 g/mol. The van der Waals surface area contributed by atoms with Crippen LogP contribution in [0.5, 0.6) is 0 Å². The molecule has 0 radical (unpaired) electrons. The zero-order valence-corrected chi connectivity index (χ0v) is 13.0. The zero-order chi connectivity index (χ0) is 14.8. The molecule has 0 bridgehead atoms. The van der Waals surface area contributed by atoms with E-state index in [4.69, 9.17) is 11.6 Å². The number of aryl methyl sites for hydroxylation is 1. The topological polar surface area (TPSA) is 42.0 Å². The predicted molar refractivity (Wildman–Crippen MR) is 88.3 cm³/mol. The van der Waals surface area contributed by atoms with Crippen LogP contribution in [0.1, 0.15) is 21.5 Å². The van der Waals surface area contributed by atoms with Crippen LogP contribution in [0.3, 0.4) is 0 Å². The van der Waals surface area contributed by atoms with E-state index in [1.165, 1.54) is 16.9 Å². The molecular formula is C16H13ClN2OS. The van der Waals surface area contributed by atoms with Gasteiger partial charge in [0.1, 0.15) is 0 Å². The Morgan fingerprint density at radius 2 is 2.00 bits per heavy atom. The van der Waals surface area contributed by atoms with Crippen molar-refractivity contribution in [3.63, 3.8) is 0 Å². The number of hydrogen-bond acceptors (Lipinski definition) is 3. The van der Waals surface area contributed by atoms with Gasteiger partial charge in [0.2, 0.25) is 0 Å². The van der Waals surface area contributed by atoms with Crippen LogP contribution in [0, 0.1) is 6.92 Å². The van der Waals surface area contributed by atoms with Gasteiger partial charge in [-0.3, -0.25) is 10.1 Å². The van der Waals surface area contributed by atoms with Gasteiger partial charge in [-0.2, -0.15) is 0 Å². The summed E-state index contributed by atoms with van der Waals surface area (Å²) in [7, 11) is 0. The highest BCUT2D eigenvalue weighted by Gasteiger charge is 2.10. The lowest BCUT2D eigenvalue weighted by Gasteiger charge is -2.02. The molecule has 1 heterocycles. The lowest BCUT2D eigenvalue weighted by atomic mass is 10.1. The Morgan fingerprint density at radius 1 is 1.24 bits per heavy atom. The number of hydrogen-bond donors (Lipinski definition) is 1. The van der Waals surface area contributed by atoms with E-state index < -0.39 is 0 Å². The first-order valence-corrected chi connectivity index (χ1v) is 7.84. The van der Waals surface area contributed by atoms with Crippen LogP contribution in [0.25, 0.3) is 10.2 Å². The fourth-order valence-corrected chi connectivity index (χ4v) is 3.14. The van der Waals surface area contributed by atoms with Crippen molar-refractivity contribution in [3.8, 4) is 0 Å². The van der Waals surface area contributed by atoms with Crippen molar-refractivity contribution in [3.05, 3.63) is 59.2 Å². The molecule has 2 aromatic carbocycles. The molecule has 0 aliphatic carbocycles. The Labute approximate surface area is 131 Å². The first-order chi connectivity index (χ1) is 10.2. The van der Waals surface area contributed by atoms with E-state index in [1.807, 2.05) is 31.2 Å². The number of fused-ring (bicyclic) bond motifs is 1. The van der Waals surface area contributed by atoms with E-state index in [9.17, 15) is 4.79 Å². The number of thiazole rings is 1. The van der Waals surface area contributed by atoms with Crippen LogP contribution < -0.4 is 5.32 Å². The quantitative estimate of drug-likeness (QED) is 0.718. The van der Waals surface area contributed by atoms with E-state index in [0.717, 1.165) is 15.8 Å². The molecule has 0 unspecified atom stereocenters. The van der Waals surface area contributed by atoms with Crippen LogP contribution >= 0.6 is 22.9 Å². The largest absolute Gasteiger partial charge is 0.298 e. The fraction of sp³-hybridized carbons (Fsp3) is 0.125. The van der Waals surface area contributed by atoms with Gasteiger partial charge in [-0.15, -0.1) is 11.6 Å². The number of anilines is 1. The Kier molecular flexibility index (Phi) is 3.90. The second-order valence-electron chi connectivity index (χ2n) is 4.77. The highest BCUT2D eigenvalue weighted by molar-refractivity contribution is 7.22. The van der Waals surface area contributed by atoms with Crippen LogP contribution in [-0.4, -0.2) is 10.9 Å². The Bertz CT molecular complexity index is 796. The first-order valence-electron chi connectivity index (χ1n) is 6.49. The van der Waals surface area contributed by atoms with Crippen molar-refractivity contribution >= 4 is 44.2 Å². The van der Waals surface area contributed by atoms with Gasteiger partial charge < -0.3 is 0 Å². The molecule has 1 amide bonds. The summed E-state index contributed by atoms with van der Waals surface area (Å²) in [5.74, 6) is 0.283. The molecular weight excluding hydrogens is 304 g/mol. The van der Waals surface area contributed by atoms with Crippen molar-refractivity contribution in [1.82, 2.24) is 4.98 Å². The third-order valence-electron chi connectivity index (χ3n) is 3.13. The highest BCUT2D eigenvalue weighted by Crippen LogP contribution is 2.27. The smallest absolute Gasteiger partial charge is 0.257 e. The number of nitrogens with zero attached hydrogens (tertiary/aromatic N) is 1. The highest BCUT2D eigenvalue weighted by atomic mass is 35.5. The first kappa shape index (κ1) is 14.0. The Morgan fingerprint density at radius 3 is 2.71 bits per heavy atom. The van der Waals surface area contributed by atoms with Gasteiger partial charge in [-0.25, -0.2) is 4.98 Å². The van der Waals surface area contributed by atoms with E-state index in [-0.39, 0.29) is 5.91 Å². The van der Waals surface area contributed by atoms with Crippen LogP contribution in [-0.2, 0) is 5.88 Å². The maximum Gasteiger partial charge on any atom is 0.257 e. The zero-order valence-electron chi connectivity index (χ0n) is 11.4. The maximum absolute atomic E-state index is 12.2. The average molecular weight is 317 g/mol. The molecule has 0 aliphatic heterocycles. The van der Waals surface area contributed by atoms with Gasteiger partial charge in [0.25, 0.3) is 5.91 Å². The van der Waals surface area contributed by atoms with Crippen molar-refractivity contribution in [2.45, 2.75) is 12.8 Å². The average Bonchev–Trinajstić information content (AvgIpc) is 2.88. The SMILES string of the molecule is Cc1ccc2nc(NC(=O)c3ccc(CCl)cc3)sc2c1. The minimum absolute atomic E-state index is 0.160. The molecule has 3 nitrogen and oxygen atoms in total. The summed E-state index contributed by atoms with van der Waals surface area (Å²) in [6.07, 6.45) is 0. The predicted octanol–water partition coefficient (Wildman–Crippen LogP) is 4.60. The van der Waals surface area contributed by atoms with Crippen molar-refractivity contribution in [1.29, 1.82) is 0 Å². The number of carbonyl (C=O) groups is 1. The molecule has 1 N–H and O–H groups in total. The minimum atomic E-state index is -0.160. The van der Waals surface area contributed by atoms with Gasteiger partial charge in [0, 0.05) is 11.4 Å². The summed E-state index contributed by atoms with van der Waals surface area (Å²) in [6.45, 7) is 2.04. The Hall–Kier alpha value is -1.91. The van der Waals surface area contributed by atoms with E-state index in [0.29, 0.717) is 16.6 Å². The summed E-state index contributed by atoms with van der Waals surface area (Å²) in [5, 5.41) is 3.45. The number of amides is 1. The third-order valence-corrected chi connectivity index (χ3v) is 4.38. The molecule has 0 aliphatic rings. The van der Waals surface area contributed by atoms with Gasteiger partial charge in [-0.05, 0) is 42.3 Å². The summed E-state index contributed by atoms with van der Waals surface area (Å²) < 4.78 is 1.07. The molecule has 0 fully saturated rings. The number of nitrogens with one attached hydrogen (secondary N) is 1. The lowest BCUT2D eigenvalue weighted by Crippen LogP contribution is -2.11. The molecule has 0 saturated carbocycles. The summed E-state index contributed by atoms with van der Waals surface area (Å²) in [6, 6.07) is 13.3. The number of aromatic nitrogens is 1. The molecule has 1 aromatic heterocycles. The van der Waals surface area contributed by atoms with Crippen molar-refractivity contribution in [2.24, 2.45) is 0 Å². The van der Waals surface area contributed by atoms with Gasteiger partial charge in [-0.1, -0.05) is 29.5 Å². The maximum atomic E-state index is 12.2. The summed E-state index contributed by atoms with van der Waals surface area (Å²) in [4.78, 5) is 16.6. The van der Waals surface area contributed by atoms with Crippen molar-refractivity contribution in [2.75, 3.05) is 5.32 Å². The molecule has 3 aromatic rings. The second kappa shape index (κ2) is 5.84. The van der Waals surface area contributed by atoms with E-state index in [1.54, 1.807) is 12.1 Å².